The summed E-state index contributed by atoms with van der Waals surface area (Å²) >= 11 is 0. The monoisotopic (exact) mass is 410 g/mol. The van der Waals surface area contributed by atoms with Crippen molar-refractivity contribution >= 4 is 34.5 Å². The summed E-state index contributed by atoms with van der Waals surface area (Å²) in [6, 6.07) is 19.5. The van der Waals surface area contributed by atoms with E-state index >= 15 is 0 Å². The predicted octanol–water partition coefficient (Wildman–Crippen LogP) is 6.19. The Morgan fingerprint density at radius 3 is 2.06 bits per heavy atom. The van der Waals surface area contributed by atoms with Crippen molar-refractivity contribution in [3.05, 3.63) is 65.7 Å². The molecule has 0 spiro atoms. The van der Waals surface area contributed by atoms with Gasteiger partial charge in [-0.3, -0.25) is 0 Å². The van der Waals surface area contributed by atoms with Crippen LogP contribution in [0.5, 0.6) is 0 Å². The lowest BCUT2D eigenvalue weighted by atomic mass is 9.76. The Bertz CT molecular complexity index is 1360. The van der Waals surface area contributed by atoms with Crippen molar-refractivity contribution in [1.82, 2.24) is 0 Å². The average Bonchev–Trinajstić information content (AvgIpc) is 3.26. The minimum atomic E-state index is -0.360. The molecule has 2 aliphatic rings. The van der Waals surface area contributed by atoms with Gasteiger partial charge in [0.25, 0.3) is 0 Å². The highest BCUT2D eigenvalue weighted by atomic mass is 16.7. The van der Waals surface area contributed by atoms with Gasteiger partial charge in [0, 0.05) is 16.2 Å². The van der Waals surface area contributed by atoms with Crippen LogP contribution in [0.25, 0.3) is 33.1 Å². The smallest absolute Gasteiger partial charge is 0.456 e. The molecule has 2 heterocycles. The van der Waals surface area contributed by atoms with Crippen LogP contribution in [0, 0.1) is 0 Å². The Balaban J connectivity index is 1.54. The third kappa shape index (κ3) is 2.49. The van der Waals surface area contributed by atoms with Crippen molar-refractivity contribution in [2.24, 2.45) is 0 Å². The fraction of sp³-hybridized carbons (Fsp3) is 0.333. The van der Waals surface area contributed by atoms with Gasteiger partial charge in [0.15, 0.2) is 0 Å². The normalized spacial score (nSPS) is 20.4. The van der Waals surface area contributed by atoms with Crippen LogP contribution in [-0.4, -0.2) is 18.3 Å². The highest BCUT2D eigenvalue weighted by molar-refractivity contribution is 6.62. The quantitative estimate of drug-likeness (QED) is 0.351. The molecule has 6 rings (SSSR count). The zero-order valence-corrected chi connectivity index (χ0v) is 19.0. The van der Waals surface area contributed by atoms with Gasteiger partial charge in [-0.05, 0) is 73.6 Å². The minimum Gasteiger partial charge on any atom is -0.456 e. The largest absolute Gasteiger partial charge is 0.494 e. The van der Waals surface area contributed by atoms with Crippen LogP contribution in [0.3, 0.4) is 0 Å². The van der Waals surface area contributed by atoms with Crippen molar-refractivity contribution in [2.75, 3.05) is 0 Å². The molecule has 0 unspecified atom stereocenters. The number of hydrogen-bond acceptors (Lipinski definition) is 3. The maximum absolute atomic E-state index is 6.33. The second-order valence-electron chi connectivity index (χ2n) is 10.5. The van der Waals surface area contributed by atoms with Crippen LogP contribution < -0.4 is 5.46 Å². The van der Waals surface area contributed by atoms with Gasteiger partial charge in [-0.1, -0.05) is 50.2 Å². The molecule has 0 atom stereocenters. The molecule has 156 valence electrons. The molecule has 0 N–H and O–H groups in total. The molecule has 4 aromatic rings. The molecule has 1 fully saturated rings. The second-order valence-corrected chi connectivity index (χ2v) is 10.5. The van der Waals surface area contributed by atoms with E-state index in [9.17, 15) is 0 Å². The summed E-state index contributed by atoms with van der Waals surface area (Å²) in [7, 11) is -0.360. The van der Waals surface area contributed by atoms with Gasteiger partial charge in [0.2, 0.25) is 0 Å². The Hall–Kier alpha value is -2.56. The van der Waals surface area contributed by atoms with E-state index in [4.69, 9.17) is 13.7 Å². The fourth-order valence-corrected chi connectivity index (χ4v) is 5.11. The topological polar surface area (TPSA) is 31.6 Å². The fourth-order valence-electron chi connectivity index (χ4n) is 5.11. The predicted molar refractivity (Wildman–Crippen MR) is 127 cm³/mol. The summed E-state index contributed by atoms with van der Waals surface area (Å²) in [6.45, 7) is 13.0. The van der Waals surface area contributed by atoms with E-state index in [0.29, 0.717) is 0 Å². The molecule has 4 heteroatoms. The van der Waals surface area contributed by atoms with E-state index in [1.165, 1.54) is 27.6 Å². The van der Waals surface area contributed by atoms with E-state index in [-0.39, 0.29) is 23.7 Å². The van der Waals surface area contributed by atoms with Gasteiger partial charge in [0.05, 0.1) is 11.2 Å². The minimum absolute atomic E-state index is 0.0910. The summed E-state index contributed by atoms with van der Waals surface area (Å²) in [5.74, 6) is 0. The maximum atomic E-state index is 6.33. The molecular weight excluding hydrogens is 383 g/mol. The van der Waals surface area contributed by atoms with Crippen molar-refractivity contribution in [3.8, 4) is 11.1 Å². The van der Waals surface area contributed by atoms with Crippen molar-refractivity contribution in [2.45, 2.75) is 58.2 Å². The van der Waals surface area contributed by atoms with Gasteiger partial charge < -0.3 is 13.7 Å². The molecule has 0 bridgehead atoms. The first kappa shape index (κ1) is 19.2. The van der Waals surface area contributed by atoms with E-state index in [1.54, 1.807) is 0 Å². The lowest BCUT2D eigenvalue weighted by Gasteiger charge is -2.32. The molecule has 0 radical (unpaired) electrons. The Kier molecular flexibility index (Phi) is 3.59. The van der Waals surface area contributed by atoms with Gasteiger partial charge in [0.1, 0.15) is 11.2 Å². The third-order valence-corrected chi connectivity index (χ3v) is 7.72. The standard InChI is InChI=1S/C27H27BO3/c1-25(2)21-12-11-16(28-30-26(3,4)27(5,6)31-28)13-18(21)19-14-20-17-9-7-8-10-23(17)29-24(20)15-22(19)25/h7-15H,1-6H3. The number of furan rings is 1. The summed E-state index contributed by atoms with van der Waals surface area (Å²) in [5.41, 5.74) is 7.34. The van der Waals surface area contributed by atoms with E-state index < -0.39 is 0 Å². The maximum Gasteiger partial charge on any atom is 0.494 e. The van der Waals surface area contributed by atoms with Gasteiger partial charge in [-0.2, -0.15) is 0 Å². The molecule has 0 amide bonds. The highest BCUT2D eigenvalue weighted by Gasteiger charge is 2.52. The van der Waals surface area contributed by atoms with Crippen LogP contribution >= 0.6 is 0 Å². The van der Waals surface area contributed by atoms with E-state index in [0.717, 1.165) is 22.0 Å². The van der Waals surface area contributed by atoms with Crippen molar-refractivity contribution in [1.29, 1.82) is 0 Å². The molecule has 1 saturated heterocycles. The average molecular weight is 410 g/mol. The van der Waals surface area contributed by atoms with Crippen molar-refractivity contribution < 1.29 is 13.7 Å². The second kappa shape index (κ2) is 5.82. The lowest BCUT2D eigenvalue weighted by molar-refractivity contribution is 0.00578. The van der Waals surface area contributed by atoms with Crippen LogP contribution in [0.2, 0.25) is 0 Å². The lowest BCUT2D eigenvalue weighted by Crippen LogP contribution is -2.41. The van der Waals surface area contributed by atoms with E-state index in [2.05, 4.69) is 84.0 Å². The zero-order valence-electron chi connectivity index (χ0n) is 19.0. The molecule has 1 aliphatic carbocycles. The van der Waals surface area contributed by atoms with Gasteiger partial charge >= 0.3 is 7.12 Å². The molecule has 3 aromatic carbocycles. The zero-order chi connectivity index (χ0) is 21.8. The first-order valence-electron chi connectivity index (χ1n) is 11.0. The van der Waals surface area contributed by atoms with Crippen LogP contribution in [0.1, 0.15) is 52.7 Å². The number of benzene rings is 3. The Morgan fingerprint density at radius 1 is 0.645 bits per heavy atom. The highest BCUT2D eigenvalue weighted by Crippen LogP contribution is 2.50. The first-order valence-corrected chi connectivity index (χ1v) is 11.0. The van der Waals surface area contributed by atoms with E-state index in [1.807, 2.05) is 12.1 Å². The number of para-hydroxylation sites is 1. The van der Waals surface area contributed by atoms with Gasteiger partial charge in [-0.25, -0.2) is 0 Å². The Labute approximate surface area is 183 Å². The Morgan fingerprint density at radius 2 is 1.32 bits per heavy atom. The summed E-state index contributed by atoms with van der Waals surface area (Å²) in [6.07, 6.45) is 0. The van der Waals surface area contributed by atoms with Crippen LogP contribution in [0.15, 0.2) is 59.0 Å². The van der Waals surface area contributed by atoms with Crippen LogP contribution in [-0.2, 0) is 14.7 Å². The summed E-state index contributed by atoms with van der Waals surface area (Å²) in [4.78, 5) is 0. The first-order chi connectivity index (χ1) is 14.6. The molecule has 1 aliphatic heterocycles. The summed E-state index contributed by atoms with van der Waals surface area (Å²) < 4.78 is 18.8. The molecule has 1 aromatic heterocycles. The third-order valence-electron chi connectivity index (χ3n) is 7.72. The summed E-state index contributed by atoms with van der Waals surface area (Å²) in [5, 5.41) is 2.33. The van der Waals surface area contributed by atoms with Crippen LogP contribution in [0.4, 0.5) is 0 Å². The number of fused-ring (bicyclic) bond motifs is 6. The number of rotatable bonds is 1. The molecule has 31 heavy (non-hydrogen) atoms. The molecule has 3 nitrogen and oxygen atoms in total. The molecular formula is C27H27BO3. The number of hydrogen-bond donors (Lipinski definition) is 0. The molecule has 0 saturated carbocycles. The van der Waals surface area contributed by atoms with Gasteiger partial charge in [-0.15, -0.1) is 0 Å². The SMILES string of the molecule is CC1(C)c2ccc(B3OC(C)(C)C(C)(C)O3)cc2-c2cc3c(cc21)oc1ccccc13. The van der Waals surface area contributed by atoms with Crippen molar-refractivity contribution in [3.63, 3.8) is 0 Å².